The van der Waals surface area contributed by atoms with Gasteiger partial charge in [0.05, 0.1) is 11.3 Å². The van der Waals surface area contributed by atoms with E-state index in [1.807, 2.05) is 49.4 Å². The van der Waals surface area contributed by atoms with Crippen LogP contribution in [0.25, 0.3) is 11.1 Å². The zero-order chi connectivity index (χ0) is 22.8. The summed E-state index contributed by atoms with van der Waals surface area (Å²) in [6.07, 6.45) is 2.62. The molecule has 0 radical (unpaired) electrons. The Morgan fingerprint density at radius 2 is 1.58 bits per heavy atom. The van der Waals surface area contributed by atoms with Crippen molar-refractivity contribution in [3.63, 3.8) is 0 Å². The first kappa shape index (κ1) is 20.8. The third-order valence-corrected chi connectivity index (χ3v) is 6.07. The van der Waals surface area contributed by atoms with Crippen LogP contribution in [0.5, 0.6) is 0 Å². The van der Waals surface area contributed by atoms with Crippen molar-refractivity contribution in [3.8, 4) is 11.1 Å². The molecule has 33 heavy (non-hydrogen) atoms. The molecule has 5 nitrogen and oxygen atoms in total. The van der Waals surface area contributed by atoms with Gasteiger partial charge in [0, 0.05) is 18.2 Å². The topological polar surface area (TPSA) is 72.0 Å². The van der Waals surface area contributed by atoms with Crippen LogP contribution in [0.3, 0.4) is 0 Å². The summed E-state index contributed by atoms with van der Waals surface area (Å²) in [6, 6.07) is 25.7. The average Bonchev–Trinajstić information content (AvgIpc) is 2.85. The van der Waals surface area contributed by atoms with E-state index in [-0.39, 0.29) is 23.6 Å². The van der Waals surface area contributed by atoms with E-state index in [0.29, 0.717) is 29.7 Å². The molecular weight excluding hydrogens is 410 g/mol. The summed E-state index contributed by atoms with van der Waals surface area (Å²) in [7, 11) is 0. The van der Waals surface area contributed by atoms with Gasteiger partial charge in [-0.15, -0.1) is 0 Å². The molecule has 1 atom stereocenters. The predicted molar refractivity (Wildman–Crippen MR) is 128 cm³/mol. The van der Waals surface area contributed by atoms with E-state index in [9.17, 15) is 9.59 Å². The Balaban J connectivity index is 1.33. The average molecular weight is 434 g/mol. The molecule has 4 aromatic rings. The molecule has 1 aliphatic carbocycles. The van der Waals surface area contributed by atoms with Crippen molar-refractivity contribution in [2.75, 3.05) is 5.32 Å². The van der Waals surface area contributed by atoms with Gasteiger partial charge in [0.2, 0.25) is 5.95 Å². The lowest BCUT2D eigenvalue weighted by molar-refractivity contribution is 0.0962. The first-order valence-corrected chi connectivity index (χ1v) is 11.0. The lowest BCUT2D eigenvalue weighted by atomic mass is 9.82. The first-order valence-electron chi connectivity index (χ1n) is 11.0. The number of aryl methyl sites for hydroxylation is 1. The molecule has 5 rings (SSSR count). The van der Waals surface area contributed by atoms with Crippen molar-refractivity contribution in [2.24, 2.45) is 0 Å². The number of nitrogens with zero attached hydrogens (tertiary/aromatic N) is 2. The number of amides is 1. The van der Waals surface area contributed by atoms with E-state index in [1.165, 1.54) is 11.8 Å². The molecule has 0 fully saturated rings. The maximum absolute atomic E-state index is 12.8. The van der Waals surface area contributed by atoms with E-state index in [4.69, 9.17) is 0 Å². The monoisotopic (exact) mass is 433 g/mol. The van der Waals surface area contributed by atoms with Crippen LogP contribution in [-0.4, -0.2) is 21.7 Å². The van der Waals surface area contributed by atoms with Crippen molar-refractivity contribution < 1.29 is 9.59 Å². The molecule has 3 aromatic carbocycles. The van der Waals surface area contributed by atoms with Crippen molar-refractivity contribution in [1.82, 2.24) is 9.97 Å². The van der Waals surface area contributed by atoms with Crippen molar-refractivity contribution in [1.29, 1.82) is 0 Å². The van der Waals surface area contributed by atoms with Crippen LogP contribution in [0.1, 0.15) is 49.9 Å². The zero-order valence-electron chi connectivity index (χ0n) is 18.3. The van der Waals surface area contributed by atoms with E-state index in [2.05, 4.69) is 39.6 Å². The number of benzene rings is 3. The smallest absolute Gasteiger partial charge is 0.258 e. The van der Waals surface area contributed by atoms with Crippen LogP contribution < -0.4 is 5.32 Å². The molecule has 162 valence electrons. The van der Waals surface area contributed by atoms with Crippen molar-refractivity contribution in [2.45, 2.75) is 25.7 Å². The molecule has 0 saturated carbocycles. The number of hydrogen-bond donors (Lipinski definition) is 1. The minimum Gasteiger partial charge on any atom is -0.294 e. The predicted octanol–water partition coefficient (Wildman–Crippen LogP) is 5.62. The molecule has 1 aromatic heterocycles. The lowest BCUT2D eigenvalue weighted by Crippen LogP contribution is -2.22. The molecule has 1 N–H and O–H groups in total. The fourth-order valence-electron chi connectivity index (χ4n) is 4.20. The van der Waals surface area contributed by atoms with Gasteiger partial charge in [0.1, 0.15) is 0 Å². The van der Waals surface area contributed by atoms with Gasteiger partial charge in [-0.25, -0.2) is 9.97 Å². The third kappa shape index (κ3) is 4.44. The summed E-state index contributed by atoms with van der Waals surface area (Å²) in [6.45, 7) is 2.04. The number of fused-ring (bicyclic) bond motifs is 1. The molecule has 5 heteroatoms. The van der Waals surface area contributed by atoms with Gasteiger partial charge < -0.3 is 0 Å². The number of nitrogens with one attached hydrogen (secondary N) is 1. The van der Waals surface area contributed by atoms with Crippen LogP contribution in [-0.2, 0) is 6.42 Å². The van der Waals surface area contributed by atoms with Gasteiger partial charge in [-0.1, -0.05) is 72.3 Å². The van der Waals surface area contributed by atoms with E-state index in [0.717, 1.165) is 16.7 Å². The normalized spacial score (nSPS) is 15.1. The highest BCUT2D eigenvalue weighted by atomic mass is 16.1. The van der Waals surface area contributed by atoms with E-state index >= 15 is 0 Å². The first-order chi connectivity index (χ1) is 16.1. The highest BCUT2D eigenvalue weighted by molar-refractivity contribution is 6.04. The number of carbonyl (C=O) groups is 2. The Morgan fingerprint density at radius 1 is 0.879 bits per heavy atom. The second-order valence-corrected chi connectivity index (χ2v) is 8.39. The number of rotatable bonds is 4. The van der Waals surface area contributed by atoms with E-state index in [1.54, 1.807) is 12.1 Å². The van der Waals surface area contributed by atoms with Gasteiger partial charge >= 0.3 is 0 Å². The van der Waals surface area contributed by atoms with E-state index < -0.39 is 0 Å². The molecule has 0 bridgehead atoms. The fourth-order valence-corrected chi connectivity index (χ4v) is 4.20. The van der Waals surface area contributed by atoms with Gasteiger partial charge in [-0.2, -0.15) is 0 Å². The second-order valence-electron chi connectivity index (χ2n) is 8.39. The summed E-state index contributed by atoms with van der Waals surface area (Å²) in [5.74, 6) is 0.0424. The highest BCUT2D eigenvalue weighted by Gasteiger charge is 2.28. The molecule has 1 heterocycles. The number of carbonyl (C=O) groups excluding carboxylic acids is 2. The van der Waals surface area contributed by atoms with Gasteiger partial charge in [0.25, 0.3) is 5.91 Å². The minimum atomic E-state index is -0.285. The minimum absolute atomic E-state index is 0.0382. The summed E-state index contributed by atoms with van der Waals surface area (Å²) >= 11 is 0. The number of anilines is 1. The number of aromatic nitrogens is 2. The van der Waals surface area contributed by atoms with Crippen LogP contribution >= 0.6 is 0 Å². The molecular formula is C28H23N3O2. The summed E-state index contributed by atoms with van der Waals surface area (Å²) in [5, 5.41) is 2.77. The Bertz CT molecular complexity index is 1310. The molecule has 0 saturated heterocycles. The molecule has 0 unspecified atom stereocenters. The fraction of sp³-hybridized carbons (Fsp3) is 0.143. The SMILES string of the molecule is Cc1ccc([C@H]2CC(=O)c3cnc(NC(=O)c4ccc(-c5ccccc5)cc4)nc3C2)cc1. The number of Topliss-reactive ketones (excluding diaryl/α,β-unsaturated/α-hetero) is 1. The van der Waals surface area contributed by atoms with Crippen LogP contribution in [0.15, 0.2) is 85.1 Å². The Labute approximate surface area is 192 Å². The van der Waals surface area contributed by atoms with Crippen LogP contribution in [0.2, 0.25) is 0 Å². The molecule has 0 aliphatic heterocycles. The highest BCUT2D eigenvalue weighted by Crippen LogP contribution is 2.32. The second kappa shape index (κ2) is 8.79. The Hall–Kier alpha value is -4.12. The van der Waals surface area contributed by atoms with Crippen molar-refractivity contribution >= 4 is 17.6 Å². The third-order valence-electron chi connectivity index (χ3n) is 6.07. The maximum atomic E-state index is 12.8. The lowest BCUT2D eigenvalue weighted by Gasteiger charge is -2.23. The van der Waals surface area contributed by atoms with Gasteiger partial charge in [-0.3, -0.25) is 14.9 Å². The Morgan fingerprint density at radius 3 is 2.30 bits per heavy atom. The standard InChI is InChI=1S/C28H23N3O2/c1-18-7-9-21(10-8-18)23-15-25-24(26(32)16-23)17-29-28(30-25)31-27(33)22-13-11-20(12-14-22)19-5-3-2-4-6-19/h2-14,17,23H,15-16H2,1H3,(H,29,30,31,33)/t23-/m1/s1. The summed E-state index contributed by atoms with van der Waals surface area (Å²) < 4.78 is 0. The maximum Gasteiger partial charge on any atom is 0.258 e. The summed E-state index contributed by atoms with van der Waals surface area (Å²) in [5.41, 5.74) is 6.19. The van der Waals surface area contributed by atoms with Gasteiger partial charge in [-0.05, 0) is 48.1 Å². The van der Waals surface area contributed by atoms with Gasteiger partial charge in [0.15, 0.2) is 5.78 Å². The van der Waals surface area contributed by atoms with Crippen LogP contribution in [0, 0.1) is 6.92 Å². The number of hydrogen-bond acceptors (Lipinski definition) is 4. The van der Waals surface area contributed by atoms with Crippen molar-refractivity contribution in [3.05, 3.63) is 113 Å². The quantitative estimate of drug-likeness (QED) is 0.454. The molecule has 1 amide bonds. The van der Waals surface area contributed by atoms with Crippen LogP contribution in [0.4, 0.5) is 5.95 Å². The number of ketones is 1. The summed E-state index contributed by atoms with van der Waals surface area (Å²) in [4.78, 5) is 34.2. The zero-order valence-corrected chi connectivity index (χ0v) is 18.3. The molecule has 1 aliphatic rings. The molecule has 0 spiro atoms. The Kier molecular flexibility index (Phi) is 5.53. The largest absolute Gasteiger partial charge is 0.294 e.